The molecular weight excluding hydrogens is 406 g/mol. The summed E-state index contributed by atoms with van der Waals surface area (Å²) in [5, 5.41) is 14.9. The number of phenols is 1. The maximum atomic E-state index is 11.2. The van der Waals surface area contributed by atoms with Crippen LogP contribution in [-0.4, -0.2) is 22.8 Å². The standard InChI is InChI=1S/C27H45NO2.ClH/c1-8-9-10-11-14-26(4,5)19-15-23(29)25-21-17-20(28-18(2)3)12-13-22(21)27(6,7)30-24(25)16-19;/h15-16,18,20-22,28-29H,8-14,17H2,1-7H3;1H/t20?,21-,22-;/m1./s1. The number of unbranched alkanes of at least 4 members (excludes halogenated alkanes) is 3. The van der Waals surface area contributed by atoms with Gasteiger partial charge in [0.05, 0.1) is 0 Å². The van der Waals surface area contributed by atoms with Crippen LogP contribution in [0.5, 0.6) is 11.5 Å². The number of hydrogen-bond acceptors (Lipinski definition) is 3. The fraction of sp³-hybridized carbons (Fsp3) is 0.778. The molecule has 4 heteroatoms. The van der Waals surface area contributed by atoms with Gasteiger partial charge in [-0.3, -0.25) is 0 Å². The summed E-state index contributed by atoms with van der Waals surface area (Å²) < 4.78 is 6.58. The molecule has 0 aromatic heterocycles. The number of ether oxygens (including phenoxy) is 1. The molecule has 178 valence electrons. The Hall–Kier alpha value is -0.930. The summed E-state index contributed by atoms with van der Waals surface area (Å²) in [5.41, 5.74) is 2.10. The van der Waals surface area contributed by atoms with Gasteiger partial charge in [-0.2, -0.15) is 0 Å². The number of halogens is 1. The van der Waals surface area contributed by atoms with Crippen molar-refractivity contribution in [3.05, 3.63) is 23.3 Å². The van der Waals surface area contributed by atoms with Gasteiger partial charge in [0.15, 0.2) is 0 Å². The second kappa shape index (κ2) is 10.3. The monoisotopic (exact) mass is 451 g/mol. The van der Waals surface area contributed by atoms with Gasteiger partial charge >= 0.3 is 0 Å². The first-order valence-corrected chi connectivity index (χ1v) is 12.4. The van der Waals surface area contributed by atoms with E-state index in [2.05, 4.69) is 59.8 Å². The zero-order valence-corrected chi connectivity index (χ0v) is 21.7. The normalized spacial score (nSPS) is 24.7. The molecule has 1 heterocycles. The summed E-state index contributed by atoms with van der Waals surface area (Å²) in [5.74, 6) is 2.17. The zero-order valence-electron chi connectivity index (χ0n) is 20.9. The summed E-state index contributed by atoms with van der Waals surface area (Å²) in [6.45, 7) is 15.8. The summed E-state index contributed by atoms with van der Waals surface area (Å²) in [6.07, 6.45) is 9.63. The molecule has 0 bridgehead atoms. The van der Waals surface area contributed by atoms with Gasteiger partial charge in [0.2, 0.25) is 0 Å². The number of hydrogen-bond donors (Lipinski definition) is 2. The van der Waals surface area contributed by atoms with E-state index < -0.39 is 0 Å². The van der Waals surface area contributed by atoms with Crippen molar-refractivity contribution < 1.29 is 9.84 Å². The van der Waals surface area contributed by atoms with Crippen molar-refractivity contribution in [3.8, 4) is 11.5 Å². The van der Waals surface area contributed by atoms with E-state index in [4.69, 9.17) is 4.74 Å². The van der Waals surface area contributed by atoms with Crippen molar-refractivity contribution >= 4 is 12.4 Å². The molecular formula is C27H46ClNO2. The summed E-state index contributed by atoms with van der Waals surface area (Å²) >= 11 is 0. The van der Waals surface area contributed by atoms with Gasteiger partial charge in [-0.15, -0.1) is 12.4 Å². The SMILES string of the molecule is CCCCCCC(C)(C)c1cc(O)c2c(c1)OC(C)(C)[C@@H]1CCC(NC(C)C)C[C@@H]21.Cl. The Morgan fingerprint density at radius 2 is 1.87 bits per heavy atom. The first kappa shape index (κ1) is 26.3. The van der Waals surface area contributed by atoms with Crippen molar-refractivity contribution in [1.29, 1.82) is 0 Å². The number of fused-ring (bicyclic) bond motifs is 3. The van der Waals surface area contributed by atoms with Crippen molar-refractivity contribution in [1.82, 2.24) is 5.32 Å². The fourth-order valence-electron chi connectivity index (χ4n) is 5.90. The number of rotatable bonds is 8. The van der Waals surface area contributed by atoms with Crippen LogP contribution in [0.4, 0.5) is 0 Å². The van der Waals surface area contributed by atoms with Crippen molar-refractivity contribution in [3.63, 3.8) is 0 Å². The topological polar surface area (TPSA) is 41.5 Å². The van der Waals surface area contributed by atoms with Gasteiger partial charge in [-0.25, -0.2) is 0 Å². The van der Waals surface area contributed by atoms with E-state index in [1.54, 1.807) is 0 Å². The minimum absolute atomic E-state index is 0. The summed E-state index contributed by atoms with van der Waals surface area (Å²) in [6, 6.07) is 5.29. The lowest BCUT2D eigenvalue weighted by Crippen LogP contribution is -2.50. The molecule has 2 N–H and O–H groups in total. The molecule has 1 aromatic rings. The van der Waals surface area contributed by atoms with E-state index in [-0.39, 0.29) is 23.4 Å². The predicted molar refractivity (Wildman–Crippen MR) is 134 cm³/mol. The van der Waals surface area contributed by atoms with Gasteiger partial charge < -0.3 is 15.2 Å². The molecule has 2 aliphatic rings. The molecule has 1 aromatic carbocycles. The second-order valence-electron chi connectivity index (χ2n) is 11.4. The van der Waals surface area contributed by atoms with Crippen molar-refractivity contribution in [2.45, 2.75) is 129 Å². The third kappa shape index (κ3) is 5.90. The Labute approximate surface area is 197 Å². The Kier molecular flexibility index (Phi) is 8.78. The number of nitrogens with one attached hydrogen (secondary N) is 1. The molecule has 1 fully saturated rings. The van der Waals surface area contributed by atoms with Crippen LogP contribution >= 0.6 is 12.4 Å². The van der Waals surface area contributed by atoms with E-state index in [0.717, 1.165) is 30.6 Å². The molecule has 3 nitrogen and oxygen atoms in total. The van der Waals surface area contributed by atoms with Crippen LogP contribution in [-0.2, 0) is 5.41 Å². The fourth-order valence-corrected chi connectivity index (χ4v) is 5.90. The van der Waals surface area contributed by atoms with Crippen LogP contribution in [0.3, 0.4) is 0 Å². The maximum Gasteiger partial charge on any atom is 0.127 e. The van der Waals surface area contributed by atoms with E-state index in [1.165, 1.54) is 37.7 Å². The average Bonchev–Trinajstić information content (AvgIpc) is 2.63. The molecule has 3 rings (SSSR count). The molecule has 0 spiro atoms. The van der Waals surface area contributed by atoms with Crippen LogP contribution in [0, 0.1) is 5.92 Å². The van der Waals surface area contributed by atoms with Crippen LogP contribution in [0.15, 0.2) is 12.1 Å². The van der Waals surface area contributed by atoms with E-state index in [0.29, 0.717) is 29.7 Å². The van der Waals surface area contributed by atoms with Crippen LogP contribution in [0.25, 0.3) is 0 Å². The largest absolute Gasteiger partial charge is 0.508 e. The number of benzene rings is 1. The summed E-state index contributed by atoms with van der Waals surface area (Å²) in [7, 11) is 0. The second-order valence-corrected chi connectivity index (χ2v) is 11.4. The van der Waals surface area contributed by atoms with Crippen LogP contribution < -0.4 is 10.1 Å². The van der Waals surface area contributed by atoms with E-state index in [9.17, 15) is 5.11 Å². The highest BCUT2D eigenvalue weighted by Gasteiger charge is 2.48. The van der Waals surface area contributed by atoms with Crippen molar-refractivity contribution in [2.24, 2.45) is 5.92 Å². The van der Waals surface area contributed by atoms with Gasteiger partial charge in [0, 0.05) is 23.6 Å². The molecule has 0 radical (unpaired) electrons. The number of phenolic OH excluding ortho intramolecular Hbond substituents is 1. The molecule has 31 heavy (non-hydrogen) atoms. The summed E-state index contributed by atoms with van der Waals surface area (Å²) in [4.78, 5) is 0. The average molecular weight is 452 g/mol. The smallest absolute Gasteiger partial charge is 0.127 e. The lowest BCUT2D eigenvalue weighted by Gasteiger charge is -2.49. The van der Waals surface area contributed by atoms with Gasteiger partial charge in [0.1, 0.15) is 17.1 Å². The Morgan fingerprint density at radius 1 is 1.16 bits per heavy atom. The van der Waals surface area contributed by atoms with Gasteiger partial charge in [-0.1, -0.05) is 60.3 Å². The first-order chi connectivity index (χ1) is 14.0. The highest BCUT2D eigenvalue weighted by Crippen LogP contribution is 2.55. The molecule has 1 aliphatic carbocycles. The molecule has 3 atom stereocenters. The van der Waals surface area contributed by atoms with E-state index in [1.807, 2.05) is 6.07 Å². The lowest BCUT2D eigenvalue weighted by atomic mass is 9.65. The molecule has 1 unspecified atom stereocenters. The van der Waals surface area contributed by atoms with Crippen LogP contribution in [0.2, 0.25) is 0 Å². The molecule has 1 saturated carbocycles. The Bertz CT molecular complexity index is 728. The van der Waals surface area contributed by atoms with E-state index >= 15 is 0 Å². The maximum absolute atomic E-state index is 11.2. The van der Waals surface area contributed by atoms with Crippen molar-refractivity contribution in [2.75, 3.05) is 0 Å². The first-order valence-electron chi connectivity index (χ1n) is 12.4. The quantitative estimate of drug-likeness (QED) is 0.402. The van der Waals surface area contributed by atoms with Crippen LogP contribution in [0.1, 0.15) is 117 Å². The third-order valence-corrected chi connectivity index (χ3v) is 7.61. The zero-order chi connectivity index (χ0) is 22.1. The minimum atomic E-state index is -0.198. The Balaban J connectivity index is 0.00000341. The predicted octanol–water partition coefficient (Wildman–Crippen LogP) is 7.48. The molecule has 1 aliphatic heterocycles. The lowest BCUT2D eigenvalue weighted by molar-refractivity contribution is -0.0126. The van der Waals surface area contributed by atoms with Gasteiger partial charge in [0.25, 0.3) is 0 Å². The minimum Gasteiger partial charge on any atom is -0.508 e. The molecule has 0 saturated heterocycles. The Morgan fingerprint density at radius 3 is 2.52 bits per heavy atom. The molecule has 0 amide bonds. The highest BCUT2D eigenvalue weighted by molar-refractivity contribution is 5.85. The third-order valence-electron chi connectivity index (χ3n) is 7.61. The highest BCUT2D eigenvalue weighted by atomic mass is 35.5. The van der Waals surface area contributed by atoms with Gasteiger partial charge in [-0.05, 0) is 68.6 Å². The number of aromatic hydroxyl groups is 1.